The van der Waals surface area contributed by atoms with Gasteiger partial charge in [0.2, 0.25) is 0 Å². The van der Waals surface area contributed by atoms with Gasteiger partial charge in [0.15, 0.2) is 10.8 Å². The minimum atomic E-state index is -1.55. The number of hydrogen-bond acceptors (Lipinski definition) is 6. The topological polar surface area (TPSA) is 104 Å². The van der Waals surface area contributed by atoms with E-state index in [0.717, 1.165) is 16.7 Å². The Morgan fingerprint density at radius 1 is 1.03 bits per heavy atom. The van der Waals surface area contributed by atoms with Crippen molar-refractivity contribution in [3.8, 4) is 23.3 Å². The van der Waals surface area contributed by atoms with Crippen molar-refractivity contribution in [2.45, 2.75) is 31.3 Å². The zero-order valence-corrected chi connectivity index (χ0v) is 16.2. The summed E-state index contributed by atoms with van der Waals surface area (Å²) in [4.78, 5) is 4.38. The van der Waals surface area contributed by atoms with Gasteiger partial charge in [-0.15, -0.1) is 0 Å². The van der Waals surface area contributed by atoms with Crippen LogP contribution in [0.5, 0.6) is 0 Å². The highest BCUT2D eigenvalue weighted by Crippen LogP contribution is 2.85. The molecule has 6 heteroatoms. The van der Waals surface area contributed by atoms with Crippen molar-refractivity contribution in [1.29, 1.82) is 10.5 Å². The molecule has 3 aliphatic rings. The summed E-state index contributed by atoms with van der Waals surface area (Å²) in [5.41, 5.74) is 5.72. The highest BCUT2D eigenvalue weighted by atomic mass is 16.8. The summed E-state index contributed by atoms with van der Waals surface area (Å²) in [6.07, 6.45) is -0.239. The van der Waals surface area contributed by atoms with Crippen molar-refractivity contribution in [2.24, 2.45) is 21.6 Å². The highest BCUT2D eigenvalue weighted by molar-refractivity contribution is 6.02. The van der Waals surface area contributed by atoms with Crippen LogP contribution >= 0.6 is 0 Å². The Morgan fingerprint density at radius 2 is 1.69 bits per heavy atom. The van der Waals surface area contributed by atoms with Gasteiger partial charge in [-0.2, -0.15) is 10.5 Å². The predicted molar refractivity (Wildman–Crippen MR) is 106 cm³/mol. The number of hydrogen-bond donors (Lipinski definition) is 1. The van der Waals surface area contributed by atoms with E-state index in [0.29, 0.717) is 6.61 Å². The van der Waals surface area contributed by atoms with Gasteiger partial charge in [0.25, 0.3) is 5.91 Å². The summed E-state index contributed by atoms with van der Waals surface area (Å²) in [6.45, 7) is 4.03. The third-order valence-electron chi connectivity index (χ3n) is 6.91. The molecule has 0 amide bonds. The third kappa shape index (κ3) is 1.71. The van der Waals surface area contributed by atoms with E-state index < -0.39 is 22.2 Å². The van der Waals surface area contributed by atoms with Crippen molar-refractivity contribution >= 4 is 5.84 Å². The van der Waals surface area contributed by atoms with Crippen LogP contribution in [0.3, 0.4) is 0 Å². The fourth-order valence-electron chi connectivity index (χ4n) is 5.45. The van der Waals surface area contributed by atoms with Crippen LogP contribution in [0.25, 0.3) is 11.1 Å². The smallest absolute Gasteiger partial charge is 0.294 e. The Morgan fingerprint density at radius 3 is 2.24 bits per heavy atom. The first-order valence-corrected chi connectivity index (χ1v) is 9.58. The summed E-state index contributed by atoms with van der Waals surface area (Å²) >= 11 is 0. The largest absolute Gasteiger partial charge is 0.386 e. The SMILES string of the molecule is C[C@@H]1CO[C@]2(N=C(N)[C@@]3(C#N)[C@](C)(c4ccc(-c5ccccc5)cc4)[C@@]23C#N)O1. The Hall–Kier alpha value is -3.19. The van der Waals surface area contributed by atoms with Crippen LogP contribution in [-0.4, -0.2) is 24.5 Å². The maximum atomic E-state index is 10.3. The molecule has 144 valence electrons. The quantitative estimate of drug-likeness (QED) is 0.857. The number of nitrogens with two attached hydrogens (primary N) is 1. The molecule has 6 nitrogen and oxygen atoms in total. The second-order valence-corrected chi connectivity index (χ2v) is 8.11. The monoisotopic (exact) mass is 384 g/mol. The van der Waals surface area contributed by atoms with E-state index in [1.807, 2.05) is 68.4 Å². The van der Waals surface area contributed by atoms with Gasteiger partial charge in [0.1, 0.15) is 5.84 Å². The van der Waals surface area contributed by atoms with Crippen LogP contribution in [0, 0.1) is 33.5 Å². The Labute approximate surface area is 169 Å². The molecule has 2 aliphatic heterocycles. The van der Waals surface area contributed by atoms with E-state index in [9.17, 15) is 10.5 Å². The normalized spacial score (nSPS) is 39.4. The summed E-state index contributed by atoms with van der Waals surface area (Å²) in [6, 6.07) is 22.6. The number of benzene rings is 2. The minimum Gasteiger partial charge on any atom is -0.386 e. The second kappa shape index (κ2) is 5.45. The van der Waals surface area contributed by atoms with E-state index in [1.54, 1.807) is 0 Å². The lowest BCUT2D eigenvalue weighted by Crippen LogP contribution is -2.42. The van der Waals surface area contributed by atoms with Crippen LogP contribution in [0.1, 0.15) is 19.4 Å². The molecule has 0 unspecified atom stereocenters. The number of rotatable bonds is 2. The van der Waals surface area contributed by atoms with Crippen LogP contribution in [-0.2, 0) is 14.9 Å². The van der Waals surface area contributed by atoms with E-state index in [4.69, 9.17) is 15.2 Å². The van der Waals surface area contributed by atoms with Gasteiger partial charge in [-0.25, -0.2) is 4.99 Å². The predicted octanol–water partition coefficient (Wildman–Crippen LogP) is 3.10. The molecule has 1 spiro atoms. The van der Waals surface area contributed by atoms with Crippen LogP contribution in [0.2, 0.25) is 0 Å². The van der Waals surface area contributed by atoms with Gasteiger partial charge in [-0.1, -0.05) is 61.5 Å². The summed E-state index contributed by atoms with van der Waals surface area (Å²) in [7, 11) is 0. The lowest BCUT2D eigenvalue weighted by atomic mass is 9.84. The molecular formula is C23H20N4O2. The van der Waals surface area contributed by atoms with E-state index in [1.165, 1.54) is 0 Å². The second-order valence-electron chi connectivity index (χ2n) is 8.11. The average molecular weight is 384 g/mol. The Balaban J connectivity index is 1.65. The zero-order chi connectivity index (χ0) is 20.5. The molecule has 29 heavy (non-hydrogen) atoms. The molecule has 0 bridgehead atoms. The Bertz CT molecular complexity index is 1120. The standard InChI is InChI=1S/C23H20N4O2/c1-15-12-28-23(29-15)22(14-25)20(2,21(22,13-24)19(26)27-23)18-10-8-17(9-11-18)16-6-4-3-5-7-16/h3-11,15H,12H2,1-2H3,(H2,26,27)/t15-,20+,21+,22-,23+/m1/s1. The number of nitriles is 2. The maximum Gasteiger partial charge on any atom is 0.294 e. The lowest BCUT2D eigenvalue weighted by molar-refractivity contribution is -0.196. The minimum absolute atomic E-state index is 0.102. The van der Waals surface area contributed by atoms with E-state index in [-0.39, 0.29) is 11.9 Å². The highest BCUT2D eigenvalue weighted by Gasteiger charge is 3.00. The summed E-state index contributed by atoms with van der Waals surface area (Å²) < 4.78 is 11.9. The first-order chi connectivity index (χ1) is 13.9. The van der Waals surface area contributed by atoms with Crippen molar-refractivity contribution in [2.75, 3.05) is 6.61 Å². The molecule has 5 atom stereocenters. The number of fused-ring (bicyclic) bond motifs is 2. The molecule has 2 fully saturated rings. The van der Waals surface area contributed by atoms with Crippen molar-refractivity contribution in [3.63, 3.8) is 0 Å². The molecule has 0 radical (unpaired) electrons. The third-order valence-corrected chi connectivity index (χ3v) is 6.91. The number of aliphatic imine (C=N–C) groups is 1. The summed E-state index contributed by atoms with van der Waals surface area (Å²) in [5.74, 6) is -1.45. The molecule has 5 rings (SSSR count). The first kappa shape index (κ1) is 17.9. The fourth-order valence-corrected chi connectivity index (χ4v) is 5.45. The molecule has 1 saturated heterocycles. The van der Waals surface area contributed by atoms with Crippen LogP contribution in [0.4, 0.5) is 0 Å². The van der Waals surface area contributed by atoms with Crippen molar-refractivity contribution in [3.05, 3.63) is 60.2 Å². The maximum absolute atomic E-state index is 10.3. The van der Waals surface area contributed by atoms with Gasteiger partial charge in [-0.3, -0.25) is 0 Å². The number of nitrogens with zero attached hydrogens (tertiary/aromatic N) is 3. The van der Waals surface area contributed by atoms with E-state index >= 15 is 0 Å². The Kier molecular flexibility index (Phi) is 3.36. The van der Waals surface area contributed by atoms with Crippen molar-refractivity contribution in [1.82, 2.24) is 0 Å². The number of amidine groups is 1. The first-order valence-electron chi connectivity index (χ1n) is 9.58. The molecule has 2 aromatic rings. The molecule has 0 aromatic heterocycles. The molecular weight excluding hydrogens is 364 g/mol. The molecule has 1 saturated carbocycles. The van der Waals surface area contributed by atoms with E-state index in [2.05, 4.69) is 17.1 Å². The lowest BCUT2D eigenvalue weighted by Gasteiger charge is -2.30. The fraction of sp³-hybridized carbons (Fsp3) is 0.348. The molecule has 2 heterocycles. The van der Waals surface area contributed by atoms with Crippen LogP contribution in [0.15, 0.2) is 59.6 Å². The van der Waals surface area contributed by atoms with Crippen molar-refractivity contribution < 1.29 is 9.47 Å². The van der Waals surface area contributed by atoms with Gasteiger partial charge >= 0.3 is 0 Å². The molecule has 1 aliphatic carbocycles. The molecule has 2 N–H and O–H groups in total. The number of ether oxygens (including phenoxy) is 2. The van der Waals surface area contributed by atoms with Gasteiger partial charge in [0.05, 0.1) is 24.8 Å². The molecule has 2 aromatic carbocycles. The van der Waals surface area contributed by atoms with Gasteiger partial charge < -0.3 is 15.2 Å². The van der Waals surface area contributed by atoms with Gasteiger partial charge in [-0.05, 0) is 23.6 Å². The summed E-state index contributed by atoms with van der Waals surface area (Å²) in [5, 5.41) is 20.5. The van der Waals surface area contributed by atoms with Gasteiger partial charge in [0, 0.05) is 5.41 Å². The average Bonchev–Trinajstić information content (AvgIpc) is 2.92. The zero-order valence-electron chi connectivity index (χ0n) is 16.2. The van der Waals surface area contributed by atoms with Crippen LogP contribution < -0.4 is 5.73 Å².